The van der Waals surface area contributed by atoms with Gasteiger partial charge >= 0.3 is 0 Å². The molecule has 0 saturated heterocycles. The van der Waals surface area contributed by atoms with Gasteiger partial charge in [-0.05, 0) is 147 Å². The highest BCUT2D eigenvalue weighted by atomic mass is 32.2. The van der Waals surface area contributed by atoms with Crippen molar-refractivity contribution < 1.29 is 0 Å². The zero-order chi connectivity index (χ0) is 44.7. The third-order valence-corrected chi connectivity index (χ3v) is 17.5. The van der Waals surface area contributed by atoms with Gasteiger partial charge in [0.2, 0.25) is 0 Å². The zero-order valence-corrected chi connectivity index (χ0v) is 39.7. The van der Waals surface area contributed by atoms with E-state index in [0.717, 1.165) is 16.9 Å². The third-order valence-electron chi connectivity index (χ3n) is 15.1. The number of allylic oxidation sites excluding steroid dienone is 1. The number of fused-ring (bicyclic) bond motifs is 9. The minimum Gasteiger partial charge on any atom is -0.310 e. The van der Waals surface area contributed by atoms with Crippen molar-refractivity contribution in [1.82, 2.24) is 4.98 Å². The van der Waals surface area contributed by atoms with E-state index < -0.39 is 0 Å². The zero-order valence-electron chi connectivity index (χ0n) is 38.1. The average Bonchev–Trinajstić information content (AvgIpc) is 3.87. The second kappa shape index (κ2) is 14.2. The van der Waals surface area contributed by atoms with Crippen LogP contribution in [0.1, 0.15) is 86.1 Å². The van der Waals surface area contributed by atoms with E-state index in [-0.39, 0.29) is 16.2 Å². The second-order valence-electron chi connectivity index (χ2n) is 20.0. The first-order chi connectivity index (χ1) is 32.0. The highest BCUT2D eigenvalue weighted by molar-refractivity contribution is 8.08. The maximum absolute atomic E-state index is 5.07. The molecule has 0 spiro atoms. The molecule has 1 aromatic heterocycles. The molecule has 0 saturated carbocycles. The average molecular weight is 888 g/mol. The molecule has 9 aromatic rings. The van der Waals surface area contributed by atoms with Gasteiger partial charge in [0.15, 0.2) is 0 Å². The van der Waals surface area contributed by atoms with Gasteiger partial charge in [-0.2, -0.15) is 0 Å². The Morgan fingerprint density at radius 1 is 0.455 bits per heavy atom. The molecule has 4 aliphatic rings. The number of hydrogen-bond donors (Lipinski definition) is 0. The molecule has 0 amide bonds. The Morgan fingerprint density at radius 3 is 1.61 bits per heavy atom. The molecule has 5 heteroatoms. The summed E-state index contributed by atoms with van der Waals surface area (Å²) in [5, 5.41) is 1.06. The minimum atomic E-state index is -0.243. The molecule has 0 bridgehead atoms. The first kappa shape index (κ1) is 39.7. The van der Waals surface area contributed by atoms with E-state index >= 15 is 0 Å². The Balaban J connectivity index is 0.898. The third kappa shape index (κ3) is 5.72. The van der Waals surface area contributed by atoms with Gasteiger partial charge in [0, 0.05) is 43.0 Å². The summed E-state index contributed by atoms with van der Waals surface area (Å²) >= 11 is 3.66. The lowest BCUT2D eigenvalue weighted by molar-refractivity contribution is 0.631. The number of hydrogen-bond acceptors (Lipinski definition) is 5. The van der Waals surface area contributed by atoms with E-state index in [2.05, 4.69) is 227 Å². The van der Waals surface area contributed by atoms with Gasteiger partial charge in [0.05, 0.1) is 33.0 Å². The molecular formula is C61H49N3S2. The van der Waals surface area contributed by atoms with Crippen molar-refractivity contribution in [2.45, 2.75) is 69.1 Å². The standard InChI is InChI=1S/C61H49N3S2/c1-59(2)44-16-8-11-19-51(44)63(53-30-23-38(33-48(53)59)56-32-25-37-15-7-13-21-55(37)65-56)40-26-28-42-43-29-27-41(36-47(43)61(5,6)46(42)35-40)64-52-20-12-9-17-45(52)60(3,4)49-34-39(24-31-54(49)64)58-62-50-18-10-14-22-57(50)66-58/h7-24,26-36H,25H2,1-6H3. The number of aromatic nitrogens is 1. The Hall–Kier alpha value is -6.66. The smallest absolute Gasteiger partial charge is 0.124 e. The second-order valence-corrected chi connectivity index (χ2v) is 22.1. The number of anilines is 6. The Morgan fingerprint density at radius 2 is 0.970 bits per heavy atom. The summed E-state index contributed by atoms with van der Waals surface area (Å²) < 4.78 is 1.22. The molecule has 0 N–H and O–H groups in total. The lowest BCUT2D eigenvalue weighted by Gasteiger charge is -2.42. The van der Waals surface area contributed by atoms with Crippen LogP contribution in [-0.4, -0.2) is 4.98 Å². The maximum atomic E-state index is 5.07. The van der Waals surface area contributed by atoms with Crippen LogP contribution >= 0.6 is 23.1 Å². The number of para-hydroxylation sites is 3. The van der Waals surface area contributed by atoms with Crippen molar-refractivity contribution in [3.05, 3.63) is 220 Å². The van der Waals surface area contributed by atoms with Gasteiger partial charge in [-0.15, -0.1) is 11.3 Å². The monoisotopic (exact) mass is 887 g/mol. The van der Waals surface area contributed by atoms with E-state index in [4.69, 9.17) is 4.98 Å². The summed E-state index contributed by atoms with van der Waals surface area (Å²) in [5.41, 5.74) is 22.3. The van der Waals surface area contributed by atoms with Crippen LogP contribution in [0.2, 0.25) is 0 Å². The molecule has 8 aromatic carbocycles. The molecule has 3 nitrogen and oxygen atoms in total. The molecular weight excluding hydrogens is 839 g/mol. The van der Waals surface area contributed by atoms with Gasteiger partial charge < -0.3 is 9.80 Å². The van der Waals surface area contributed by atoms with Crippen LogP contribution in [0.25, 0.3) is 36.8 Å². The predicted octanol–water partition coefficient (Wildman–Crippen LogP) is 17.2. The normalized spacial score (nSPS) is 16.6. The topological polar surface area (TPSA) is 19.4 Å². The summed E-state index contributed by atoms with van der Waals surface area (Å²) in [6.45, 7) is 14.4. The van der Waals surface area contributed by atoms with Crippen LogP contribution in [-0.2, 0) is 22.7 Å². The molecule has 66 heavy (non-hydrogen) atoms. The highest BCUT2D eigenvalue weighted by Crippen LogP contribution is 2.58. The van der Waals surface area contributed by atoms with E-state index in [9.17, 15) is 0 Å². The van der Waals surface area contributed by atoms with E-state index in [1.165, 1.54) is 110 Å². The molecule has 0 fully saturated rings. The molecule has 0 atom stereocenters. The summed E-state index contributed by atoms with van der Waals surface area (Å²) in [5.74, 6) is 0. The van der Waals surface area contributed by atoms with Crippen molar-refractivity contribution in [2.24, 2.45) is 0 Å². The van der Waals surface area contributed by atoms with Crippen molar-refractivity contribution in [3.63, 3.8) is 0 Å². The van der Waals surface area contributed by atoms with Gasteiger partial charge in [-0.1, -0.05) is 144 Å². The first-order valence-corrected chi connectivity index (χ1v) is 24.8. The van der Waals surface area contributed by atoms with Gasteiger partial charge in [0.1, 0.15) is 5.01 Å². The number of benzene rings is 8. The first-order valence-electron chi connectivity index (χ1n) is 23.2. The van der Waals surface area contributed by atoms with Gasteiger partial charge in [-0.25, -0.2) is 4.98 Å². The Kier molecular flexibility index (Phi) is 8.52. The maximum Gasteiger partial charge on any atom is 0.124 e. The number of rotatable bonds is 4. The van der Waals surface area contributed by atoms with Crippen LogP contribution in [0, 0.1) is 0 Å². The Bertz CT molecular complexity index is 3520. The van der Waals surface area contributed by atoms with Gasteiger partial charge in [0.25, 0.3) is 0 Å². The van der Waals surface area contributed by atoms with E-state index in [0.29, 0.717) is 0 Å². The van der Waals surface area contributed by atoms with Crippen molar-refractivity contribution in [2.75, 3.05) is 9.80 Å². The molecule has 13 rings (SSSR count). The van der Waals surface area contributed by atoms with Crippen molar-refractivity contribution in [1.29, 1.82) is 0 Å². The quantitative estimate of drug-likeness (QED) is 0.175. The summed E-state index contributed by atoms with van der Waals surface area (Å²) in [4.78, 5) is 12.8. The van der Waals surface area contributed by atoms with Crippen LogP contribution in [0.5, 0.6) is 0 Å². The highest BCUT2D eigenvalue weighted by Gasteiger charge is 2.42. The summed E-state index contributed by atoms with van der Waals surface area (Å²) in [6.07, 6.45) is 3.37. The molecule has 4 heterocycles. The lowest BCUT2D eigenvalue weighted by Crippen LogP contribution is -2.31. The van der Waals surface area contributed by atoms with E-state index in [1.807, 2.05) is 11.8 Å². The minimum absolute atomic E-state index is 0.184. The SMILES string of the molecule is CC1(C)c2cc(N3c4ccccc4C(C)(C)c4cc(C5=CCc6ccccc6S5)ccc43)ccc2-c2ccc(N3c4ccccc4C(C)(C)c4cc(-c5nc6ccccc6s5)ccc43)cc21. The molecule has 3 aliphatic heterocycles. The van der Waals surface area contributed by atoms with Crippen LogP contribution in [0.3, 0.4) is 0 Å². The number of thiazole rings is 1. The van der Waals surface area contributed by atoms with Crippen molar-refractivity contribution in [3.8, 4) is 21.7 Å². The lowest BCUT2D eigenvalue weighted by atomic mass is 9.73. The van der Waals surface area contributed by atoms with Crippen LogP contribution in [0.4, 0.5) is 34.1 Å². The van der Waals surface area contributed by atoms with Crippen molar-refractivity contribution >= 4 is 72.3 Å². The molecule has 0 unspecified atom stereocenters. The summed E-state index contributed by atoms with van der Waals surface area (Å²) in [7, 11) is 0. The van der Waals surface area contributed by atoms with E-state index in [1.54, 1.807) is 11.3 Å². The fraction of sp³-hybridized carbons (Fsp3) is 0.164. The molecule has 1 aliphatic carbocycles. The largest absolute Gasteiger partial charge is 0.310 e. The van der Waals surface area contributed by atoms with Crippen LogP contribution < -0.4 is 9.80 Å². The predicted molar refractivity (Wildman–Crippen MR) is 280 cm³/mol. The van der Waals surface area contributed by atoms with Gasteiger partial charge in [-0.3, -0.25) is 0 Å². The fourth-order valence-corrected chi connectivity index (χ4v) is 13.6. The number of nitrogens with zero attached hydrogens (tertiary/aromatic N) is 3. The fourth-order valence-electron chi connectivity index (χ4n) is 11.5. The Labute approximate surface area is 396 Å². The van der Waals surface area contributed by atoms with Crippen LogP contribution in [0.15, 0.2) is 181 Å². The summed E-state index contributed by atoms with van der Waals surface area (Å²) in [6, 6.07) is 63.9. The molecule has 320 valence electrons. The number of thioether (sulfide) groups is 1. The molecule has 0 radical (unpaired) electrons.